The maximum atomic E-state index is 5.77. The van der Waals surface area contributed by atoms with E-state index in [9.17, 15) is 0 Å². The Labute approximate surface area is 119 Å². The number of furan rings is 1. The molecule has 0 fully saturated rings. The summed E-state index contributed by atoms with van der Waals surface area (Å²) in [6.07, 6.45) is 3.02. The predicted octanol–water partition coefficient (Wildman–Crippen LogP) is 3.61. The Hall–Kier alpha value is -1.74. The Bertz CT molecular complexity index is 603. The lowest BCUT2D eigenvalue weighted by Crippen LogP contribution is -2.22. The summed E-state index contributed by atoms with van der Waals surface area (Å²) >= 11 is 0. The molecule has 0 saturated carbocycles. The van der Waals surface area contributed by atoms with Crippen molar-refractivity contribution in [1.29, 1.82) is 0 Å². The lowest BCUT2D eigenvalue weighted by Gasteiger charge is -2.18. The fraction of sp³-hybridized carbons (Fsp3) is 0.412. The van der Waals surface area contributed by atoms with Gasteiger partial charge in [-0.1, -0.05) is 13.0 Å². The maximum Gasteiger partial charge on any atom is 0.128 e. The highest BCUT2D eigenvalue weighted by Gasteiger charge is 2.23. The molecular weight excluding hydrogens is 250 g/mol. The van der Waals surface area contributed by atoms with Gasteiger partial charge in [0.2, 0.25) is 0 Å². The molecule has 0 radical (unpaired) electrons. The van der Waals surface area contributed by atoms with Gasteiger partial charge in [0.15, 0.2) is 0 Å². The van der Waals surface area contributed by atoms with Crippen LogP contribution in [0.2, 0.25) is 0 Å². The van der Waals surface area contributed by atoms with Crippen molar-refractivity contribution in [3.8, 4) is 5.75 Å². The van der Waals surface area contributed by atoms with E-state index in [0.29, 0.717) is 0 Å². The Morgan fingerprint density at radius 1 is 1.35 bits per heavy atom. The summed E-state index contributed by atoms with van der Waals surface area (Å²) in [7, 11) is 0. The third-order valence-electron chi connectivity index (χ3n) is 3.83. The first-order chi connectivity index (χ1) is 9.69. The second kappa shape index (κ2) is 5.33. The molecule has 106 valence electrons. The molecule has 3 heteroatoms. The van der Waals surface area contributed by atoms with Gasteiger partial charge in [0, 0.05) is 6.42 Å². The minimum atomic E-state index is 0.108. The standard InChI is InChI=1S/C17H21NO2/c1-4-18-16(17-11(2)7-8-19-17)13-5-6-15-14(10-13)9-12(3)20-15/h5-8,10,12,16,18H,4,9H2,1-3H3. The first-order valence-electron chi connectivity index (χ1n) is 7.26. The Morgan fingerprint density at radius 2 is 2.20 bits per heavy atom. The van der Waals surface area contributed by atoms with Gasteiger partial charge in [-0.25, -0.2) is 0 Å². The van der Waals surface area contributed by atoms with Crippen LogP contribution >= 0.6 is 0 Å². The molecule has 20 heavy (non-hydrogen) atoms. The van der Waals surface area contributed by atoms with Gasteiger partial charge in [0.25, 0.3) is 0 Å². The number of hydrogen-bond donors (Lipinski definition) is 1. The Morgan fingerprint density at radius 3 is 2.90 bits per heavy atom. The van der Waals surface area contributed by atoms with Crippen molar-refractivity contribution in [3.05, 3.63) is 53.0 Å². The average Bonchev–Trinajstić information content (AvgIpc) is 3.00. The molecule has 1 aliphatic heterocycles. The van der Waals surface area contributed by atoms with Crippen molar-refractivity contribution >= 4 is 0 Å². The van der Waals surface area contributed by atoms with Crippen LogP contribution in [0.4, 0.5) is 0 Å². The monoisotopic (exact) mass is 271 g/mol. The van der Waals surface area contributed by atoms with Gasteiger partial charge in [-0.2, -0.15) is 0 Å². The molecule has 3 rings (SSSR count). The van der Waals surface area contributed by atoms with Crippen molar-refractivity contribution in [2.45, 2.75) is 39.3 Å². The number of fused-ring (bicyclic) bond motifs is 1. The van der Waals surface area contributed by atoms with E-state index in [1.54, 1.807) is 6.26 Å². The molecule has 3 nitrogen and oxygen atoms in total. The zero-order valence-electron chi connectivity index (χ0n) is 12.3. The maximum absolute atomic E-state index is 5.77. The van der Waals surface area contributed by atoms with E-state index in [2.05, 4.69) is 44.3 Å². The van der Waals surface area contributed by atoms with Crippen LogP contribution < -0.4 is 10.1 Å². The number of hydrogen-bond acceptors (Lipinski definition) is 3. The second-order valence-corrected chi connectivity index (χ2v) is 5.46. The summed E-state index contributed by atoms with van der Waals surface area (Å²) in [5.41, 5.74) is 3.71. The van der Waals surface area contributed by atoms with Crippen LogP contribution in [0.3, 0.4) is 0 Å². The molecule has 0 amide bonds. The van der Waals surface area contributed by atoms with Crippen LogP contribution in [0.15, 0.2) is 34.9 Å². The first-order valence-corrected chi connectivity index (χ1v) is 7.26. The molecule has 1 aromatic carbocycles. The predicted molar refractivity (Wildman–Crippen MR) is 79.2 cm³/mol. The van der Waals surface area contributed by atoms with Crippen molar-refractivity contribution in [1.82, 2.24) is 5.32 Å². The van der Waals surface area contributed by atoms with Crippen molar-refractivity contribution in [2.75, 3.05) is 6.54 Å². The van der Waals surface area contributed by atoms with Gasteiger partial charge in [-0.05, 0) is 55.3 Å². The average molecular weight is 271 g/mol. The normalized spacial score (nSPS) is 18.6. The molecule has 0 aliphatic carbocycles. The number of benzene rings is 1. The van der Waals surface area contributed by atoms with E-state index in [-0.39, 0.29) is 12.1 Å². The van der Waals surface area contributed by atoms with Gasteiger partial charge in [-0.15, -0.1) is 0 Å². The molecule has 0 spiro atoms. The van der Waals surface area contributed by atoms with E-state index < -0.39 is 0 Å². The zero-order valence-corrected chi connectivity index (χ0v) is 12.3. The first kappa shape index (κ1) is 13.3. The summed E-state index contributed by atoms with van der Waals surface area (Å²) in [6, 6.07) is 8.58. The minimum Gasteiger partial charge on any atom is -0.490 e. The quantitative estimate of drug-likeness (QED) is 0.922. The molecule has 2 heterocycles. The van der Waals surface area contributed by atoms with E-state index >= 15 is 0 Å². The topological polar surface area (TPSA) is 34.4 Å². The van der Waals surface area contributed by atoms with Gasteiger partial charge < -0.3 is 14.5 Å². The summed E-state index contributed by atoms with van der Waals surface area (Å²) in [5, 5.41) is 3.51. The van der Waals surface area contributed by atoms with Crippen LogP contribution in [-0.4, -0.2) is 12.6 Å². The van der Waals surface area contributed by atoms with E-state index in [0.717, 1.165) is 24.5 Å². The third-order valence-corrected chi connectivity index (χ3v) is 3.83. The summed E-state index contributed by atoms with van der Waals surface area (Å²) in [6.45, 7) is 7.21. The van der Waals surface area contributed by atoms with Crippen LogP contribution in [0.5, 0.6) is 5.75 Å². The summed E-state index contributed by atoms with van der Waals surface area (Å²) in [5.74, 6) is 2.02. The van der Waals surface area contributed by atoms with Crippen LogP contribution in [0.1, 0.15) is 42.3 Å². The van der Waals surface area contributed by atoms with Gasteiger partial charge in [0.05, 0.1) is 12.3 Å². The lowest BCUT2D eigenvalue weighted by molar-refractivity contribution is 0.254. The molecule has 1 N–H and O–H groups in total. The smallest absolute Gasteiger partial charge is 0.128 e. The Kier molecular flexibility index (Phi) is 3.53. The summed E-state index contributed by atoms with van der Waals surface area (Å²) in [4.78, 5) is 0. The van der Waals surface area contributed by atoms with Crippen molar-refractivity contribution in [3.63, 3.8) is 0 Å². The van der Waals surface area contributed by atoms with E-state index in [1.165, 1.54) is 16.7 Å². The molecule has 2 aromatic rings. The van der Waals surface area contributed by atoms with Crippen LogP contribution in [0.25, 0.3) is 0 Å². The largest absolute Gasteiger partial charge is 0.490 e. The van der Waals surface area contributed by atoms with Crippen molar-refractivity contribution < 1.29 is 9.15 Å². The number of rotatable bonds is 4. The summed E-state index contributed by atoms with van der Waals surface area (Å²) < 4.78 is 11.5. The number of nitrogens with one attached hydrogen (secondary N) is 1. The fourth-order valence-electron chi connectivity index (χ4n) is 2.87. The molecule has 2 unspecified atom stereocenters. The molecule has 0 saturated heterocycles. The van der Waals surface area contributed by atoms with Crippen LogP contribution in [0, 0.1) is 6.92 Å². The van der Waals surface area contributed by atoms with Gasteiger partial charge in [-0.3, -0.25) is 0 Å². The third kappa shape index (κ3) is 2.34. The highest BCUT2D eigenvalue weighted by Crippen LogP contribution is 2.33. The number of ether oxygens (including phenoxy) is 1. The van der Waals surface area contributed by atoms with Crippen molar-refractivity contribution in [2.24, 2.45) is 0 Å². The van der Waals surface area contributed by atoms with E-state index in [4.69, 9.17) is 9.15 Å². The van der Waals surface area contributed by atoms with Crippen LogP contribution in [-0.2, 0) is 6.42 Å². The molecular formula is C17H21NO2. The Balaban J connectivity index is 1.97. The highest BCUT2D eigenvalue weighted by atomic mass is 16.5. The molecule has 1 aliphatic rings. The fourth-order valence-corrected chi connectivity index (χ4v) is 2.87. The van der Waals surface area contributed by atoms with E-state index in [1.807, 2.05) is 6.07 Å². The SMILES string of the molecule is CCNC(c1ccc2c(c1)CC(C)O2)c1occc1C. The number of aryl methyl sites for hydroxylation is 1. The highest BCUT2D eigenvalue weighted by molar-refractivity contribution is 5.43. The molecule has 0 bridgehead atoms. The van der Waals surface area contributed by atoms with Gasteiger partial charge >= 0.3 is 0 Å². The second-order valence-electron chi connectivity index (χ2n) is 5.46. The van der Waals surface area contributed by atoms with Gasteiger partial charge in [0.1, 0.15) is 17.6 Å². The molecule has 1 aromatic heterocycles. The zero-order chi connectivity index (χ0) is 14.1. The minimum absolute atomic E-state index is 0.108. The molecule has 2 atom stereocenters. The lowest BCUT2D eigenvalue weighted by atomic mass is 9.98.